The predicted octanol–water partition coefficient (Wildman–Crippen LogP) is 2.17. The number of nitrogens with one attached hydrogen (secondary N) is 2. The molecule has 0 saturated carbocycles. The van der Waals surface area contributed by atoms with Crippen LogP contribution in [0.5, 0.6) is 17.2 Å². The van der Waals surface area contributed by atoms with Gasteiger partial charge in [-0.3, -0.25) is 20.4 Å². The van der Waals surface area contributed by atoms with E-state index in [0.29, 0.717) is 23.7 Å². The van der Waals surface area contributed by atoms with E-state index in [0.717, 1.165) is 11.1 Å². The molecule has 0 aromatic heterocycles. The normalized spacial score (nSPS) is 10.0. The summed E-state index contributed by atoms with van der Waals surface area (Å²) in [6.45, 7) is 1.71. The SMILES string of the molecule is COc1cc(CCC(=O)NNC(=O)COc2ccccc2C)cc(OC)c1. The predicted molar refractivity (Wildman–Crippen MR) is 101 cm³/mol. The van der Waals surface area contributed by atoms with Crippen LogP contribution in [0.15, 0.2) is 42.5 Å². The first-order chi connectivity index (χ1) is 13.0. The second-order valence-corrected chi connectivity index (χ2v) is 5.87. The van der Waals surface area contributed by atoms with Crippen LogP contribution in [0.3, 0.4) is 0 Å². The first kappa shape index (κ1) is 20.1. The minimum atomic E-state index is -0.436. The molecule has 0 aliphatic rings. The lowest BCUT2D eigenvalue weighted by atomic mass is 10.1. The number of carbonyl (C=O) groups is 2. The molecule has 0 unspecified atom stereocenters. The Hall–Kier alpha value is -3.22. The molecule has 7 nitrogen and oxygen atoms in total. The van der Waals surface area contributed by atoms with Crippen molar-refractivity contribution in [2.24, 2.45) is 0 Å². The Bertz CT molecular complexity index is 769. The molecule has 2 aromatic carbocycles. The topological polar surface area (TPSA) is 85.9 Å². The molecule has 0 atom stereocenters. The zero-order valence-electron chi connectivity index (χ0n) is 15.7. The van der Waals surface area contributed by atoms with E-state index in [1.165, 1.54) is 0 Å². The first-order valence-electron chi connectivity index (χ1n) is 8.50. The molecule has 0 spiro atoms. The Morgan fingerprint density at radius 3 is 2.19 bits per heavy atom. The van der Waals surface area contributed by atoms with Gasteiger partial charge in [-0.2, -0.15) is 0 Å². The fourth-order valence-electron chi connectivity index (χ4n) is 2.37. The number of para-hydroxylation sites is 1. The summed E-state index contributed by atoms with van der Waals surface area (Å²) in [4.78, 5) is 23.7. The highest BCUT2D eigenvalue weighted by Gasteiger charge is 2.08. The number of methoxy groups -OCH3 is 2. The average Bonchev–Trinajstić information content (AvgIpc) is 2.69. The van der Waals surface area contributed by atoms with Gasteiger partial charge in [0.05, 0.1) is 14.2 Å². The van der Waals surface area contributed by atoms with Crippen LogP contribution in [0.4, 0.5) is 0 Å². The van der Waals surface area contributed by atoms with Gasteiger partial charge in [0.2, 0.25) is 5.91 Å². The van der Waals surface area contributed by atoms with Crippen LogP contribution in [-0.2, 0) is 16.0 Å². The number of amides is 2. The summed E-state index contributed by atoms with van der Waals surface area (Å²) in [5, 5.41) is 0. The fourth-order valence-corrected chi connectivity index (χ4v) is 2.37. The van der Waals surface area contributed by atoms with E-state index >= 15 is 0 Å². The van der Waals surface area contributed by atoms with Crippen LogP contribution in [0.25, 0.3) is 0 Å². The van der Waals surface area contributed by atoms with Crippen molar-refractivity contribution in [2.75, 3.05) is 20.8 Å². The third-order valence-corrected chi connectivity index (χ3v) is 3.85. The number of aryl methyl sites for hydroxylation is 2. The van der Waals surface area contributed by atoms with Crippen molar-refractivity contribution in [1.29, 1.82) is 0 Å². The second-order valence-electron chi connectivity index (χ2n) is 5.87. The van der Waals surface area contributed by atoms with Gasteiger partial charge >= 0.3 is 0 Å². The molecule has 0 heterocycles. The van der Waals surface area contributed by atoms with Crippen molar-refractivity contribution in [3.05, 3.63) is 53.6 Å². The maximum Gasteiger partial charge on any atom is 0.276 e. The summed E-state index contributed by atoms with van der Waals surface area (Å²) in [6.07, 6.45) is 0.685. The molecule has 2 rings (SSSR count). The van der Waals surface area contributed by atoms with Gasteiger partial charge in [-0.05, 0) is 42.7 Å². The lowest BCUT2D eigenvalue weighted by molar-refractivity contribution is -0.130. The lowest BCUT2D eigenvalue weighted by Crippen LogP contribution is -2.43. The maximum atomic E-state index is 11.9. The maximum absolute atomic E-state index is 11.9. The zero-order valence-corrected chi connectivity index (χ0v) is 15.7. The largest absolute Gasteiger partial charge is 0.497 e. The Morgan fingerprint density at radius 1 is 0.926 bits per heavy atom. The van der Waals surface area contributed by atoms with Crippen LogP contribution in [0.2, 0.25) is 0 Å². The summed E-state index contributed by atoms with van der Waals surface area (Å²) in [6, 6.07) is 12.8. The van der Waals surface area contributed by atoms with Crippen molar-refractivity contribution in [3.8, 4) is 17.2 Å². The van der Waals surface area contributed by atoms with Crippen molar-refractivity contribution in [1.82, 2.24) is 10.9 Å². The Kier molecular flexibility index (Phi) is 7.49. The molecule has 0 radical (unpaired) electrons. The zero-order chi connectivity index (χ0) is 19.6. The van der Waals surface area contributed by atoms with Crippen molar-refractivity contribution < 1.29 is 23.8 Å². The summed E-state index contributed by atoms with van der Waals surface area (Å²) in [7, 11) is 3.14. The quantitative estimate of drug-likeness (QED) is 0.694. The van der Waals surface area contributed by atoms with Crippen LogP contribution in [-0.4, -0.2) is 32.6 Å². The number of hydrogen-bond acceptors (Lipinski definition) is 5. The molecule has 0 aliphatic heterocycles. The molecule has 0 bridgehead atoms. The van der Waals surface area contributed by atoms with Crippen LogP contribution in [0.1, 0.15) is 17.5 Å². The molecule has 0 fully saturated rings. The molecule has 2 aromatic rings. The first-order valence-corrected chi connectivity index (χ1v) is 8.50. The van der Waals surface area contributed by atoms with E-state index in [1.807, 2.05) is 37.3 Å². The van der Waals surface area contributed by atoms with Gasteiger partial charge in [0.25, 0.3) is 5.91 Å². The number of benzene rings is 2. The standard InChI is InChI=1S/C20H24N2O5/c1-14-6-4-5-7-18(14)27-13-20(24)22-21-19(23)9-8-15-10-16(25-2)12-17(11-15)26-3/h4-7,10-12H,8-9,13H2,1-3H3,(H,21,23)(H,22,24). The van der Waals surface area contributed by atoms with E-state index in [9.17, 15) is 9.59 Å². The Labute approximate surface area is 158 Å². The molecule has 2 amide bonds. The van der Waals surface area contributed by atoms with Gasteiger partial charge in [0.1, 0.15) is 17.2 Å². The highest BCUT2D eigenvalue weighted by molar-refractivity contribution is 5.82. The highest BCUT2D eigenvalue weighted by Crippen LogP contribution is 2.23. The van der Waals surface area contributed by atoms with Crippen LogP contribution in [0, 0.1) is 6.92 Å². The summed E-state index contributed by atoms with van der Waals surface area (Å²) in [5.74, 6) is 1.21. The Morgan fingerprint density at radius 2 is 1.56 bits per heavy atom. The molecular weight excluding hydrogens is 348 g/mol. The van der Waals surface area contributed by atoms with Gasteiger partial charge in [-0.15, -0.1) is 0 Å². The summed E-state index contributed by atoms with van der Waals surface area (Å²) < 4.78 is 15.8. The van der Waals surface area contributed by atoms with Gasteiger partial charge in [-0.25, -0.2) is 0 Å². The van der Waals surface area contributed by atoms with E-state index in [-0.39, 0.29) is 18.9 Å². The van der Waals surface area contributed by atoms with E-state index < -0.39 is 5.91 Å². The second kappa shape index (κ2) is 10.1. The Balaban J connectivity index is 1.74. The van der Waals surface area contributed by atoms with Crippen molar-refractivity contribution in [2.45, 2.75) is 19.8 Å². The van der Waals surface area contributed by atoms with Crippen LogP contribution < -0.4 is 25.1 Å². The fraction of sp³-hybridized carbons (Fsp3) is 0.300. The molecule has 0 aliphatic carbocycles. The number of rotatable bonds is 8. The van der Waals surface area contributed by atoms with Gasteiger partial charge in [0.15, 0.2) is 6.61 Å². The van der Waals surface area contributed by atoms with E-state index in [2.05, 4.69) is 10.9 Å². The summed E-state index contributed by atoms with van der Waals surface area (Å²) in [5.41, 5.74) is 6.55. The van der Waals surface area contributed by atoms with Gasteiger partial charge in [-0.1, -0.05) is 18.2 Å². The van der Waals surface area contributed by atoms with E-state index in [4.69, 9.17) is 14.2 Å². The minimum Gasteiger partial charge on any atom is -0.497 e. The smallest absolute Gasteiger partial charge is 0.276 e. The third-order valence-electron chi connectivity index (χ3n) is 3.85. The lowest BCUT2D eigenvalue weighted by Gasteiger charge is -2.11. The number of hydrazine groups is 1. The van der Waals surface area contributed by atoms with E-state index in [1.54, 1.807) is 26.4 Å². The molecule has 27 heavy (non-hydrogen) atoms. The monoisotopic (exact) mass is 372 g/mol. The number of carbonyl (C=O) groups excluding carboxylic acids is 2. The molecular formula is C20H24N2O5. The van der Waals surface area contributed by atoms with Crippen molar-refractivity contribution >= 4 is 11.8 Å². The molecule has 0 saturated heterocycles. The third kappa shape index (κ3) is 6.54. The molecule has 144 valence electrons. The summed E-state index contributed by atoms with van der Waals surface area (Å²) >= 11 is 0. The highest BCUT2D eigenvalue weighted by atomic mass is 16.5. The molecule has 7 heteroatoms. The number of hydrogen-bond donors (Lipinski definition) is 2. The van der Waals surface area contributed by atoms with Crippen molar-refractivity contribution in [3.63, 3.8) is 0 Å². The minimum absolute atomic E-state index is 0.182. The molecule has 2 N–H and O–H groups in total. The van der Waals surface area contributed by atoms with Crippen LogP contribution >= 0.6 is 0 Å². The van der Waals surface area contributed by atoms with Gasteiger partial charge in [0, 0.05) is 12.5 Å². The average molecular weight is 372 g/mol. The van der Waals surface area contributed by atoms with Gasteiger partial charge < -0.3 is 14.2 Å². The number of ether oxygens (including phenoxy) is 3.